The number of halogens is 2. The summed E-state index contributed by atoms with van der Waals surface area (Å²) in [5.74, 6) is 1.04. The van der Waals surface area contributed by atoms with Gasteiger partial charge in [0.05, 0.1) is 56.5 Å². The van der Waals surface area contributed by atoms with Crippen LogP contribution in [0.15, 0.2) is 9.98 Å². The van der Waals surface area contributed by atoms with Crippen molar-refractivity contribution in [2.45, 2.75) is 56.7 Å². The van der Waals surface area contributed by atoms with Gasteiger partial charge in [-0.3, -0.25) is 4.99 Å². The molecule has 0 saturated carbocycles. The number of aliphatic imine (C=N–C) groups is 2. The van der Waals surface area contributed by atoms with Crippen LogP contribution in [0.25, 0.3) is 0 Å². The van der Waals surface area contributed by atoms with Crippen LogP contribution in [-0.4, -0.2) is 90.7 Å². The molecule has 4 aliphatic rings. The van der Waals surface area contributed by atoms with Crippen molar-refractivity contribution in [1.29, 1.82) is 0 Å². The van der Waals surface area contributed by atoms with Crippen molar-refractivity contribution >= 4 is 23.6 Å². The molecule has 4 aliphatic heterocycles. The average molecular weight is 450 g/mol. The van der Waals surface area contributed by atoms with Crippen molar-refractivity contribution in [3.8, 4) is 0 Å². The number of rotatable bonds is 4. The lowest BCUT2D eigenvalue weighted by Gasteiger charge is -2.38. The highest BCUT2D eigenvalue weighted by atomic mass is 19.3. The van der Waals surface area contributed by atoms with Crippen LogP contribution in [0.2, 0.25) is 0 Å². The zero-order valence-electron chi connectivity index (χ0n) is 18.2. The van der Waals surface area contributed by atoms with E-state index in [-0.39, 0.29) is 42.2 Å². The smallest absolute Gasteiger partial charge is 0.277 e. The fourth-order valence-corrected chi connectivity index (χ4v) is 4.90. The lowest BCUT2D eigenvalue weighted by atomic mass is 9.83. The van der Waals surface area contributed by atoms with E-state index < -0.39 is 11.8 Å². The van der Waals surface area contributed by atoms with Crippen LogP contribution in [0.3, 0.4) is 0 Å². The van der Waals surface area contributed by atoms with E-state index in [2.05, 4.69) is 14.9 Å². The molecule has 0 aromatic carbocycles. The third-order valence-corrected chi connectivity index (χ3v) is 6.77. The number of hydrogen-bond acceptors (Lipinski definition) is 10. The molecule has 0 aliphatic carbocycles. The SMILES string of the molecule is C[C@H]1COCCN1c1nc(N2C3CCC2COC3)nc(C2(C)CN=C(N)N=C2C(F)F)n1. The Morgan fingerprint density at radius 2 is 1.78 bits per heavy atom. The van der Waals surface area contributed by atoms with Gasteiger partial charge < -0.3 is 25.0 Å². The maximum Gasteiger partial charge on any atom is 0.277 e. The van der Waals surface area contributed by atoms with Crippen molar-refractivity contribution in [3.05, 3.63) is 5.82 Å². The molecule has 5 rings (SSSR count). The van der Waals surface area contributed by atoms with Crippen LogP contribution < -0.4 is 15.5 Å². The summed E-state index contributed by atoms with van der Waals surface area (Å²) in [5, 5.41) is 0. The Morgan fingerprint density at radius 1 is 1.06 bits per heavy atom. The fraction of sp³-hybridized carbons (Fsp3) is 0.750. The summed E-state index contributed by atoms with van der Waals surface area (Å²) >= 11 is 0. The first kappa shape index (κ1) is 21.4. The van der Waals surface area contributed by atoms with Crippen molar-refractivity contribution < 1.29 is 18.3 Å². The van der Waals surface area contributed by atoms with Gasteiger partial charge in [-0.15, -0.1) is 0 Å². The van der Waals surface area contributed by atoms with Gasteiger partial charge in [0.25, 0.3) is 6.43 Å². The summed E-state index contributed by atoms with van der Waals surface area (Å²) in [4.78, 5) is 26.5. The number of hydrogen-bond donors (Lipinski definition) is 1. The molecule has 5 heterocycles. The van der Waals surface area contributed by atoms with E-state index in [1.165, 1.54) is 0 Å². The van der Waals surface area contributed by atoms with Crippen molar-refractivity contribution in [2.75, 3.05) is 49.3 Å². The second kappa shape index (κ2) is 8.14. The Balaban J connectivity index is 1.62. The van der Waals surface area contributed by atoms with Gasteiger partial charge in [-0.2, -0.15) is 15.0 Å². The molecule has 3 fully saturated rings. The van der Waals surface area contributed by atoms with Gasteiger partial charge in [0.2, 0.25) is 17.9 Å². The molecule has 12 heteroatoms. The zero-order chi connectivity index (χ0) is 22.5. The standard InChI is InChI=1S/C20H28F2N8O2/c1-11-7-31-6-5-29(11)18-26-16(20(2)10-24-17(23)25-14(20)15(21)22)27-19(28-18)30-12-3-4-13(30)9-32-8-12/h11-13,15H,3-10H2,1-2H3,(H2,23,24)/t11-,12?,13?,20?/m0/s1. The lowest BCUT2D eigenvalue weighted by Crippen LogP contribution is -2.50. The van der Waals surface area contributed by atoms with Crippen LogP contribution in [0.1, 0.15) is 32.5 Å². The number of guanidine groups is 1. The van der Waals surface area contributed by atoms with E-state index in [0.29, 0.717) is 44.9 Å². The number of nitrogens with two attached hydrogens (primary N) is 1. The first-order chi connectivity index (χ1) is 15.4. The number of alkyl halides is 2. The van der Waals surface area contributed by atoms with E-state index in [9.17, 15) is 8.78 Å². The molecule has 174 valence electrons. The minimum absolute atomic E-state index is 0.000463. The third-order valence-electron chi connectivity index (χ3n) is 6.77. The molecule has 2 bridgehead atoms. The lowest BCUT2D eigenvalue weighted by molar-refractivity contribution is 0.0895. The number of fused-ring (bicyclic) bond motifs is 2. The van der Waals surface area contributed by atoms with Crippen molar-refractivity contribution in [1.82, 2.24) is 15.0 Å². The Kier molecular flexibility index (Phi) is 5.44. The van der Waals surface area contributed by atoms with Gasteiger partial charge in [0, 0.05) is 6.54 Å². The highest BCUT2D eigenvalue weighted by molar-refractivity contribution is 6.05. The van der Waals surface area contributed by atoms with E-state index in [1.54, 1.807) is 6.92 Å². The molecular weight excluding hydrogens is 422 g/mol. The largest absolute Gasteiger partial charge is 0.377 e. The summed E-state index contributed by atoms with van der Waals surface area (Å²) in [6.07, 6.45) is -0.840. The zero-order valence-corrected chi connectivity index (χ0v) is 18.2. The molecular formula is C20H28F2N8O2. The molecule has 4 atom stereocenters. The molecule has 0 amide bonds. The van der Waals surface area contributed by atoms with Gasteiger partial charge in [0.1, 0.15) is 11.5 Å². The van der Waals surface area contributed by atoms with E-state index in [0.717, 1.165) is 12.8 Å². The summed E-state index contributed by atoms with van der Waals surface area (Å²) in [5.41, 5.74) is 4.00. The minimum Gasteiger partial charge on any atom is -0.377 e. The van der Waals surface area contributed by atoms with E-state index >= 15 is 0 Å². The Morgan fingerprint density at radius 3 is 2.47 bits per heavy atom. The second-order valence-corrected chi connectivity index (χ2v) is 9.01. The van der Waals surface area contributed by atoms with Crippen molar-refractivity contribution in [2.24, 2.45) is 15.7 Å². The molecule has 0 spiro atoms. The first-order valence-corrected chi connectivity index (χ1v) is 11.0. The van der Waals surface area contributed by atoms with Crippen LogP contribution in [0, 0.1) is 0 Å². The number of nitrogens with zero attached hydrogens (tertiary/aromatic N) is 7. The molecule has 2 N–H and O–H groups in total. The number of aromatic nitrogens is 3. The maximum absolute atomic E-state index is 14.0. The summed E-state index contributed by atoms with van der Waals surface area (Å²) in [7, 11) is 0. The van der Waals surface area contributed by atoms with E-state index in [1.807, 2.05) is 11.8 Å². The minimum atomic E-state index is -2.81. The molecule has 0 radical (unpaired) electrons. The second-order valence-electron chi connectivity index (χ2n) is 9.01. The van der Waals surface area contributed by atoms with Gasteiger partial charge in [-0.25, -0.2) is 13.8 Å². The highest BCUT2D eigenvalue weighted by Crippen LogP contribution is 2.36. The number of anilines is 2. The topological polar surface area (TPSA) is 114 Å². The molecule has 3 unspecified atom stereocenters. The van der Waals surface area contributed by atoms with Crippen molar-refractivity contribution in [3.63, 3.8) is 0 Å². The van der Waals surface area contributed by atoms with Gasteiger partial charge in [0.15, 0.2) is 0 Å². The maximum atomic E-state index is 14.0. The van der Waals surface area contributed by atoms with Gasteiger partial charge in [-0.1, -0.05) is 0 Å². The predicted octanol–water partition coefficient (Wildman–Crippen LogP) is 0.756. The normalized spacial score (nSPS) is 32.8. The summed E-state index contributed by atoms with van der Waals surface area (Å²) < 4.78 is 39.3. The van der Waals surface area contributed by atoms with Gasteiger partial charge >= 0.3 is 0 Å². The number of morpholine rings is 2. The van der Waals surface area contributed by atoms with Crippen LogP contribution >= 0.6 is 0 Å². The average Bonchev–Trinajstić information content (AvgIpc) is 3.03. The Labute approximate surface area is 184 Å². The molecule has 32 heavy (non-hydrogen) atoms. The molecule has 1 aromatic rings. The molecule has 10 nitrogen and oxygen atoms in total. The first-order valence-electron chi connectivity index (χ1n) is 11.0. The third kappa shape index (κ3) is 3.58. The monoisotopic (exact) mass is 450 g/mol. The predicted molar refractivity (Wildman–Crippen MR) is 115 cm³/mol. The van der Waals surface area contributed by atoms with Gasteiger partial charge in [-0.05, 0) is 26.7 Å². The molecule has 3 saturated heterocycles. The Hall–Kier alpha value is -2.47. The van der Waals surface area contributed by atoms with Crippen LogP contribution in [0.5, 0.6) is 0 Å². The Bertz CT molecular complexity index is 928. The van der Waals surface area contributed by atoms with Crippen LogP contribution in [0.4, 0.5) is 20.7 Å². The van der Waals surface area contributed by atoms with Crippen LogP contribution in [-0.2, 0) is 14.9 Å². The number of ether oxygens (including phenoxy) is 2. The quantitative estimate of drug-likeness (QED) is 0.715. The fourth-order valence-electron chi connectivity index (χ4n) is 4.90. The molecule has 1 aromatic heterocycles. The summed E-state index contributed by atoms with van der Waals surface area (Å²) in [6.45, 7) is 6.57. The van der Waals surface area contributed by atoms with E-state index in [4.69, 9.17) is 30.2 Å². The summed E-state index contributed by atoms with van der Waals surface area (Å²) in [6, 6.07) is 0.370. The highest BCUT2D eigenvalue weighted by Gasteiger charge is 2.45.